The molecule has 9 heteroatoms. The number of pyridine rings is 1. The Hall–Kier alpha value is -4.37. The molecule has 1 aliphatic heterocycles. The molecule has 1 atom stereocenters. The first-order valence-corrected chi connectivity index (χ1v) is 12.9. The summed E-state index contributed by atoms with van der Waals surface area (Å²) in [6, 6.07) is 15.6. The van der Waals surface area contributed by atoms with Crippen LogP contribution in [0.5, 0.6) is 5.75 Å². The number of carbonyl (C=O) groups excluding carboxylic acids is 2. The maximum absolute atomic E-state index is 13.8. The van der Waals surface area contributed by atoms with Crippen LogP contribution in [0.25, 0.3) is 33.3 Å². The first-order valence-electron chi connectivity index (χ1n) is 12.9. The molecule has 2 aromatic carbocycles. The van der Waals surface area contributed by atoms with Crippen molar-refractivity contribution in [3.63, 3.8) is 0 Å². The molecular formula is C30H33N5O4. The van der Waals surface area contributed by atoms with Gasteiger partial charge in [0.1, 0.15) is 11.4 Å². The number of rotatable bonds is 6. The van der Waals surface area contributed by atoms with E-state index in [0.717, 1.165) is 51.9 Å². The molecule has 39 heavy (non-hydrogen) atoms. The summed E-state index contributed by atoms with van der Waals surface area (Å²) in [6.07, 6.45) is 5.05. The van der Waals surface area contributed by atoms with Crippen molar-refractivity contribution < 1.29 is 19.1 Å². The van der Waals surface area contributed by atoms with E-state index in [1.165, 1.54) is 7.11 Å². The lowest BCUT2D eigenvalue weighted by Crippen LogP contribution is -2.47. The highest BCUT2D eigenvalue weighted by molar-refractivity contribution is 6.04. The van der Waals surface area contributed by atoms with Crippen molar-refractivity contribution >= 4 is 28.7 Å². The van der Waals surface area contributed by atoms with Crippen LogP contribution < -0.4 is 10.1 Å². The predicted octanol–water partition coefficient (Wildman–Crippen LogP) is 5.25. The molecule has 3 heterocycles. The van der Waals surface area contributed by atoms with Crippen LogP contribution in [0.3, 0.4) is 0 Å². The number of anilines is 1. The molecule has 4 aromatic rings. The number of piperidine rings is 1. The van der Waals surface area contributed by atoms with Crippen LogP contribution in [-0.2, 0) is 4.74 Å². The third-order valence-corrected chi connectivity index (χ3v) is 7.35. The number of likely N-dealkylation sites (N-methyl/N-ethyl adjacent to an activating group) is 1. The molecule has 1 unspecified atom stereocenters. The van der Waals surface area contributed by atoms with E-state index in [4.69, 9.17) is 9.47 Å². The zero-order valence-corrected chi connectivity index (χ0v) is 22.7. The third-order valence-electron chi connectivity index (χ3n) is 7.35. The van der Waals surface area contributed by atoms with E-state index in [-0.39, 0.29) is 11.9 Å². The van der Waals surface area contributed by atoms with Crippen molar-refractivity contribution in [3.05, 3.63) is 66.5 Å². The molecule has 0 radical (unpaired) electrons. The van der Waals surface area contributed by atoms with Gasteiger partial charge in [0.2, 0.25) is 0 Å². The Labute approximate surface area is 227 Å². The van der Waals surface area contributed by atoms with Crippen LogP contribution in [0.4, 0.5) is 10.5 Å². The van der Waals surface area contributed by atoms with Crippen LogP contribution in [0.2, 0.25) is 0 Å². The highest BCUT2D eigenvalue weighted by Gasteiger charge is 2.28. The number of fused-ring (bicyclic) bond motifs is 1. The lowest BCUT2D eigenvalue weighted by molar-refractivity contribution is 0.0636. The number of methoxy groups -OCH3 is 2. The minimum atomic E-state index is -0.626. The van der Waals surface area contributed by atoms with Crippen molar-refractivity contribution in [3.8, 4) is 28.0 Å². The Bertz CT molecular complexity index is 1510. The second-order valence-electron chi connectivity index (χ2n) is 9.91. The largest absolute Gasteiger partial charge is 0.496 e. The number of amides is 2. The molecule has 1 saturated heterocycles. The Kier molecular flexibility index (Phi) is 7.51. The summed E-state index contributed by atoms with van der Waals surface area (Å²) in [5.74, 6) is 0.646. The summed E-state index contributed by atoms with van der Waals surface area (Å²) in [6.45, 7) is 1.30. The van der Waals surface area contributed by atoms with Gasteiger partial charge in [0.25, 0.3) is 5.91 Å². The van der Waals surface area contributed by atoms with Crippen molar-refractivity contribution in [2.45, 2.75) is 18.9 Å². The van der Waals surface area contributed by atoms with Crippen LogP contribution in [0.15, 0.2) is 60.9 Å². The lowest BCUT2D eigenvalue weighted by atomic mass is 9.98. The van der Waals surface area contributed by atoms with Crippen molar-refractivity contribution in [1.29, 1.82) is 0 Å². The molecule has 0 bridgehead atoms. The number of aromatic nitrogens is 2. The average Bonchev–Trinajstić information content (AvgIpc) is 3.40. The Morgan fingerprint density at radius 1 is 1.08 bits per heavy atom. The molecule has 0 aliphatic carbocycles. The van der Waals surface area contributed by atoms with Crippen molar-refractivity contribution in [2.75, 3.05) is 46.7 Å². The van der Waals surface area contributed by atoms with Gasteiger partial charge in [-0.2, -0.15) is 0 Å². The van der Waals surface area contributed by atoms with Crippen LogP contribution in [-0.4, -0.2) is 79.2 Å². The fourth-order valence-electron chi connectivity index (χ4n) is 5.15. The average molecular weight is 528 g/mol. The normalized spacial score (nSPS) is 15.4. The minimum Gasteiger partial charge on any atom is -0.496 e. The van der Waals surface area contributed by atoms with Gasteiger partial charge < -0.3 is 24.3 Å². The highest BCUT2D eigenvalue weighted by atomic mass is 16.5. The number of hydrogen-bond acceptors (Lipinski definition) is 6. The summed E-state index contributed by atoms with van der Waals surface area (Å²) < 4.78 is 10.4. The van der Waals surface area contributed by atoms with Gasteiger partial charge in [0, 0.05) is 53.6 Å². The number of nitrogens with zero attached hydrogens (tertiary/aromatic N) is 3. The van der Waals surface area contributed by atoms with Gasteiger partial charge in [-0.1, -0.05) is 24.3 Å². The van der Waals surface area contributed by atoms with Gasteiger partial charge >= 0.3 is 6.09 Å². The topological polar surface area (TPSA) is 99.8 Å². The summed E-state index contributed by atoms with van der Waals surface area (Å²) >= 11 is 0. The number of benzene rings is 2. The predicted molar refractivity (Wildman–Crippen MR) is 152 cm³/mol. The first kappa shape index (κ1) is 26.2. The number of aromatic amines is 1. The molecule has 2 amide bonds. The number of likely N-dealkylation sites (tertiary alicyclic amines) is 1. The van der Waals surface area contributed by atoms with Crippen LogP contribution in [0.1, 0.15) is 23.2 Å². The van der Waals surface area contributed by atoms with E-state index in [0.29, 0.717) is 24.3 Å². The maximum Gasteiger partial charge on any atom is 0.411 e. The fourth-order valence-corrected chi connectivity index (χ4v) is 5.15. The Balaban J connectivity index is 1.56. The van der Waals surface area contributed by atoms with E-state index in [9.17, 15) is 9.59 Å². The van der Waals surface area contributed by atoms with Crippen molar-refractivity contribution in [1.82, 2.24) is 19.8 Å². The maximum atomic E-state index is 13.8. The standard InChI is InChI=1S/C30H33N5O4/c1-34(2)21-8-7-13-35(18-21)29(36)24-14-19(11-12-26(24)33-30(37)39-4)20-15-23-25(17-32-28(23)31-16-20)22-9-5-6-10-27(22)38-3/h5-6,9-12,14-17,21H,7-8,13,18H2,1-4H3,(H,31,32)(H,33,37). The summed E-state index contributed by atoms with van der Waals surface area (Å²) in [5.41, 5.74) is 5.17. The molecule has 2 N–H and O–H groups in total. The molecule has 2 aromatic heterocycles. The number of ether oxygens (including phenoxy) is 2. The molecule has 202 valence electrons. The molecule has 5 rings (SSSR count). The van der Waals surface area contributed by atoms with Crippen molar-refractivity contribution in [2.24, 2.45) is 0 Å². The smallest absolute Gasteiger partial charge is 0.411 e. The molecule has 1 fully saturated rings. The van der Waals surface area contributed by atoms with Gasteiger partial charge in [-0.05, 0) is 56.8 Å². The Morgan fingerprint density at radius 2 is 1.90 bits per heavy atom. The molecule has 0 spiro atoms. The number of hydrogen-bond donors (Lipinski definition) is 2. The zero-order valence-electron chi connectivity index (χ0n) is 22.7. The SMILES string of the molecule is COC(=O)Nc1ccc(-c2cnc3[nH]cc(-c4ccccc4OC)c3c2)cc1C(=O)N1CCCC(N(C)C)C1. The van der Waals surface area contributed by atoms with Gasteiger partial charge in [0.05, 0.1) is 25.5 Å². The van der Waals surface area contributed by atoms with E-state index in [1.54, 1.807) is 19.4 Å². The van der Waals surface area contributed by atoms with E-state index in [1.807, 2.05) is 61.6 Å². The summed E-state index contributed by atoms with van der Waals surface area (Å²) in [4.78, 5) is 37.8. The molecule has 9 nitrogen and oxygen atoms in total. The van der Waals surface area contributed by atoms with Gasteiger partial charge in [0.15, 0.2) is 0 Å². The van der Waals surface area contributed by atoms with E-state index >= 15 is 0 Å². The summed E-state index contributed by atoms with van der Waals surface area (Å²) in [5, 5.41) is 3.64. The first-order chi connectivity index (χ1) is 18.9. The van der Waals surface area contributed by atoms with Crippen LogP contribution in [0, 0.1) is 0 Å². The zero-order chi connectivity index (χ0) is 27.5. The second-order valence-corrected chi connectivity index (χ2v) is 9.91. The monoisotopic (exact) mass is 527 g/mol. The Morgan fingerprint density at radius 3 is 2.67 bits per heavy atom. The number of para-hydroxylation sites is 1. The lowest BCUT2D eigenvalue weighted by Gasteiger charge is -2.36. The van der Waals surface area contributed by atoms with Crippen LogP contribution >= 0.6 is 0 Å². The molecular weight excluding hydrogens is 494 g/mol. The minimum absolute atomic E-state index is 0.125. The quantitative estimate of drug-likeness (QED) is 0.355. The number of nitrogens with one attached hydrogen (secondary N) is 2. The van der Waals surface area contributed by atoms with Gasteiger partial charge in [-0.25, -0.2) is 9.78 Å². The highest BCUT2D eigenvalue weighted by Crippen LogP contribution is 2.36. The van der Waals surface area contributed by atoms with E-state index < -0.39 is 6.09 Å². The second kappa shape index (κ2) is 11.2. The fraction of sp³-hybridized carbons (Fsp3) is 0.300. The molecule has 1 aliphatic rings. The summed E-state index contributed by atoms with van der Waals surface area (Å²) in [7, 11) is 7.03. The molecule has 0 saturated carbocycles. The number of carbonyl (C=O) groups is 2. The van der Waals surface area contributed by atoms with E-state index in [2.05, 4.69) is 26.3 Å². The van der Waals surface area contributed by atoms with Gasteiger partial charge in [-0.15, -0.1) is 0 Å². The third kappa shape index (κ3) is 5.31. The van der Waals surface area contributed by atoms with Gasteiger partial charge in [-0.3, -0.25) is 10.1 Å². The number of H-pyrrole nitrogens is 1.